The van der Waals surface area contributed by atoms with Crippen LogP contribution in [0.2, 0.25) is 0 Å². The minimum absolute atomic E-state index is 0.150. The first-order valence-electron chi connectivity index (χ1n) is 10.5. The fourth-order valence-corrected chi connectivity index (χ4v) is 4.74. The molecule has 1 fully saturated rings. The van der Waals surface area contributed by atoms with E-state index in [1.807, 2.05) is 28.5 Å². The molecule has 1 aliphatic heterocycles. The van der Waals surface area contributed by atoms with Crippen molar-refractivity contribution in [3.8, 4) is 11.5 Å². The van der Waals surface area contributed by atoms with Crippen molar-refractivity contribution in [2.75, 3.05) is 27.4 Å². The van der Waals surface area contributed by atoms with Crippen molar-refractivity contribution in [3.63, 3.8) is 0 Å². The Morgan fingerprint density at radius 1 is 1.28 bits per heavy atom. The van der Waals surface area contributed by atoms with Crippen LogP contribution in [0.25, 0.3) is 10.9 Å². The molecule has 1 atom stereocenters. The maximum Gasteiger partial charge on any atom is 0.253 e. The number of nitrogens with one attached hydrogen (secondary N) is 2. The number of aromatic amines is 1. The monoisotopic (exact) mass is 473 g/mol. The van der Waals surface area contributed by atoms with E-state index in [0.29, 0.717) is 47.3 Å². The summed E-state index contributed by atoms with van der Waals surface area (Å²) in [6.45, 7) is 2.48. The molecule has 32 heavy (non-hydrogen) atoms. The van der Waals surface area contributed by atoms with Gasteiger partial charge in [-0.1, -0.05) is 6.07 Å². The van der Waals surface area contributed by atoms with Crippen molar-refractivity contribution in [3.05, 3.63) is 56.5 Å². The maximum atomic E-state index is 12.9. The van der Waals surface area contributed by atoms with E-state index < -0.39 is 0 Å². The van der Waals surface area contributed by atoms with Gasteiger partial charge in [-0.25, -0.2) is 0 Å². The lowest BCUT2D eigenvalue weighted by molar-refractivity contribution is 0.113. The van der Waals surface area contributed by atoms with Gasteiger partial charge in [-0.2, -0.15) is 0 Å². The molecule has 1 saturated heterocycles. The molecule has 0 aliphatic carbocycles. The van der Waals surface area contributed by atoms with Gasteiger partial charge in [0.05, 0.1) is 38.9 Å². The van der Waals surface area contributed by atoms with E-state index in [2.05, 4.69) is 16.4 Å². The average molecular weight is 474 g/mol. The number of hydrogen-bond donors (Lipinski definition) is 2. The van der Waals surface area contributed by atoms with Gasteiger partial charge >= 0.3 is 0 Å². The average Bonchev–Trinajstić information content (AvgIpc) is 3.51. The fraction of sp³-hybridized carbons (Fsp3) is 0.391. The second kappa shape index (κ2) is 10.3. The van der Waals surface area contributed by atoms with Crippen molar-refractivity contribution >= 4 is 39.6 Å². The molecule has 0 spiro atoms. The molecule has 4 rings (SSSR count). The minimum atomic E-state index is -0.150. The Morgan fingerprint density at radius 3 is 2.78 bits per heavy atom. The number of aromatic nitrogens is 1. The van der Waals surface area contributed by atoms with Crippen LogP contribution in [0, 0.1) is 0 Å². The summed E-state index contributed by atoms with van der Waals surface area (Å²) in [5.41, 5.74) is 1.17. The smallest absolute Gasteiger partial charge is 0.253 e. The highest BCUT2D eigenvalue weighted by molar-refractivity contribution is 7.80. The van der Waals surface area contributed by atoms with Crippen LogP contribution in [0.4, 0.5) is 0 Å². The first-order chi connectivity index (χ1) is 15.6. The number of hydrogen-bond acceptors (Lipinski definition) is 6. The minimum Gasteiger partial charge on any atom is -0.493 e. The molecule has 0 saturated carbocycles. The Balaban J connectivity index is 1.58. The van der Waals surface area contributed by atoms with Crippen molar-refractivity contribution in [1.82, 2.24) is 15.2 Å². The lowest BCUT2D eigenvalue weighted by Crippen LogP contribution is -2.42. The Bertz CT molecular complexity index is 1120. The molecule has 1 aliphatic rings. The van der Waals surface area contributed by atoms with E-state index in [4.69, 9.17) is 26.4 Å². The van der Waals surface area contributed by atoms with Crippen LogP contribution in [0.5, 0.6) is 11.5 Å². The van der Waals surface area contributed by atoms with Crippen molar-refractivity contribution in [2.24, 2.45) is 0 Å². The van der Waals surface area contributed by atoms with Gasteiger partial charge in [0.2, 0.25) is 0 Å². The lowest BCUT2D eigenvalue weighted by atomic mass is 10.1. The van der Waals surface area contributed by atoms with Crippen molar-refractivity contribution < 1.29 is 14.2 Å². The predicted octanol–water partition coefficient (Wildman–Crippen LogP) is 3.66. The molecular formula is C23H27N3O4S2. The fourth-order valence-electron chi connectivity index (χ4n) is 3.81. The molecule has 3 aromatic rings. The number of fused-ring (bicyclic) bond motifs is 1. The molecule has 3 heterocycles. The van der Waals surface area contributed by atoms with Crippen LogP contribution in [0.15, 0.2) is 40.5 Å². The molecule has 9 heteroatoms. The van der Waals surface area contributed by atoms with E-state index in [1.54, 1.807) is 31.6 Å². The van der Waals surface area contributed by atoms with Gasteiger partial charge in [-0.05, 0) is 48.6 Å². The Kier molecular flexibility index (Phi) is 7.29. The van der Waals surface area contributed by atoms with E-state index in [9.17, 15) is 4.79 Å². The Morgan fingerprint density at radius 2 is 2.09 bits per heavy atom. The normalized spacial score (nSPS) is 15.6. The van der Waals surface area contributed by atoms with Gasteiger partial charge in [-0.3, -0.25) is 4.79 Å². The molecule has 2 aromatic heterocycles. The summed E-state index contributed by atoms with van der Waals surface area (Å²) >= 11 is 7.38. The SMILES string of the molecule is COc1cc2cc(CN(Cc3cccs3)C(=S)NC[C@@H]3CCCO3)c(=O)[nH]c2cc1OC. The summed E-state index contributed by atoms with van der Waals surface area (Å²) in [5, 5.41) is 6.86. The highest BCUT2D eigenvalue weighted by Crippen LogP contribution is 2.31. The van der Waals surface area contributed by atoms with Gasteiger partial charge in [-0.15, -0.1) is 11.3 Å². The Labute approximate surface area is 196 Å². The van der Waals surface area contributed by atoms with Gasteiger partial charge in [0.1, 0.15) is 0 Å². The Hall–Kier alpha value is -2.62. The third-order valence-electron chi connectivity index (χ3n) is 5.51. The maximum absolute atomic E-state index is 12.9. The quantitative estimate of drug-likeness (QED) is 0.484. The van der Waals surface area contributed by atoms with Crippen LogP contribution >= 0.6 is 23.6 Å². The first-order valence-corrected chi connectivity index (χ1v) is 11.8. The first kappa shape index (κ1) is 22.6. The summed E-state index contributed by atoms with van der Waals surface area (Å²) in [5.74, 6) is 1.18. The molecule has 0 radical (unpaired) electrons. The summed E-state index contributed by atoms with van der Waals surface area (Å²) < 4.78 is 16.5. The van der Waals surface area contributed by atoms with E-state index in [0.717, 1.165) is 24.8 Å². The lowest BCUT2D eigenvalue weighted by Gasteiger charge is -2.26. The zero-order valence-corrected chi connectivity index (χ0v) is 19.8. The summed E-state index contributed by atoms with van der Waals surface area (Å²) in [4.78, 5) is 19.0. The third kappa shape index (κ3) is 5.23. The van der Waals surface area contributed by atoms with Gasteiger partial charge in [0, 0.05) is 35.0 Å². The second-order valence-corrected chi connectivity index (χ2v) is 9.09. The van der Waals surface area contributed by atoms with Gasteiger partial charge in [0.25, 0.3) is 5.56 Å². The number of thiophene rings is 1. The number of nitrogens with zero attached hydrogens (tertiary/aromatic N) is 1. The second-order valence-electron chi connectivity index (χ2n) is 7.67. The number of methoxy groups -OCH3 is 2. The number of rotatable bonds is 8. The molecule has 170 valence electrons. The van der Waals surface area contributed by atoms with Crippen LogP contribution in [0.3, 0.4) is 0 Å². The zero-order chi connectivity index (χ0) is 22.5. The van der Waals surface area contributed by atoms with Crippen LogP contribution < -0.4 is 20.3 Å². The van der Waals surface area contributed by atoms with Crippen LogP contribution in [0.1, 0.15) is 23.3 Å². The molecule has 0 unspecified atom stereocenters. The molecule has 0 bridgehead atoms. The molecule has 0 amide bonds. The summed E-state index contributed by atoms with van der Waals surface area (Å²) in [7, 11) is 3.17. The number of pyridine rings is 1. The summed E-state index contributed by atoms with van der Waals surface area (Å²) in [6, 6.07) is 9.62. The number of benzene rings is 1. The number of thiocarbonyl (C=S) groups is 1. The highest BCUT2D eigenvalue weighted by Gasteiger charge is 2.19. The van der Waals surface area contributed by atoms with E-state index in [1.165, 1.54) is 4.88 Å². The molecule has 7 nitrogen and oxygen atoms in total. The summed E-state index contributed by atoms with van der Waals surface area (Å²) in [6.07, 6.45) is 2.30. The van der Waals surface area contributed by atoms with Crippen molar-refractivity contribution in [1.29, 1.82) is 0 Å². The molecule has 2 N–H and O–H groups in total. The standard InChI is InChI=1S/C23H27N3O4S2/c1-28-20-10-15-9-16(22(27)25-19(15)11-21(20)29-2)13-26(14-18-6-4-8-32-18)23(31)24-12-17-5-3-7-30-17/h4,6,8-11,17H,3,5,7,12-14H2,1-2H3,(H,24,31)(H,25,27)/t17-/m0/s1. The third-order valence-corrected chi connectivity index (χ3v) is 6.77. The van der Waals surface area contributed by atoms with E-state index >= 15 is 0 Å². The van der Waals surface area contributed by atoms with Gasteiger partial charge in [0.15, 0.2) is 16.6 Å². The predicted molar refractivity (Wildman–Crippen MR) is 131 cm³/mol. The molecular weight excluding hydrogens is 446 g/mol. The topological polar surface area (TPSA) is 75.8 Å². The van der Waals surface area contributed by atoms with Crippen LogP contribution in [-0.2, 0) is 17.8 Å². The highest BCUT2D eigenvalue weighted by atomic mass is 32.1. The zero-order valence-electron chi connectivity index (χ0n) is 18.2. The van der Waals surface area contributed by atoms with E-state index in [-0.39, 0.29) is 11.7 Å². The largest absolute Gasteiger partial charge is 0.493 e. The van der Waals surface area contributed by atoms with Crippen molar-refractivity contribution in [2.45, 2.75) is 32.0 Å². The van der Waals surface area contributed by atoms with Crippen LogP contribution in [-0.4, -0.2) is 48.5 Å². The number of H-pyrrole nitrogens is 1. The molecule has 1 aromatic carbocycles. The van der Waals surface area contributed by atoms with Gasteiger partial charge < -0.3 is 29.4 Å². The number of ether oxygens (including phenoxy) is 3.